The molecule has 2 aromatic rings. The fraction of sp³-hybridized carbons (Fsp3) is 0.471. The molecule has 1 N–H and O–H groups in total. The molecule has 0 radical (unpaired) electrons. The van der Waals surface area contributed by atoms with E-state index in [9.17, 15) is 0 Å². The maximum atomic E-state index is 4.94. The summed E-state index contributed by atoms with van der Waals surface area (Å²) in [4.78, 5) is 7.79. The number of aryl methyl sites for hydroxylation is 2. The van der Waals surface area contributed by atoms with E-state index < -0.39 is 0 Å². The molecular formula is C17H20N2S2. The number of fused-ring (bicyclic) bond motifs is 1. The largest absolute Gasteiger partial charge is 0.301 e. The van der Waals surface area contributed by atoms with Crippen LogP contribution >= 0.6 is 23.1 Å². The Kier molecular flexibility index (Phi) is 3.78. The summed E-state index contributed by atoms with van der Waals surface area (Å²) >= 11 is 3.72. The highest BCUT2D eigenvalue weighted by molar-refractivity contribution is 7.98. The molecule has 21 heavy (non-hydrogen) atoms. The predicted octanol–water partition coefficient (Wildman–Crippen LogP) is 4.20. The fourth-order valence-corrected chi connectivity index (χ4v) is 4.58. The van der Waals surface area contributed by atoms with Gasteiger partial charge >= 0.3 is 0 Å². The zero-order chi connectivity index (χ0) is 14.2. The van der Waals surface area contributed by atoms with E-state index in [-0.39, 0.29) is 6.04 Å². The molecule has 0 aliphatic heterocycles. The topological polar surface area (TPSA) is 24.9 Å². The molecule has 1 fully saturated rings. The summed E-state index contributed by atoms with van der Waals surface area (Å²) in [6.45, 7) is 0. The number of hydrogen-bond donors (Lipinski definition) is 1. The molecule has 1 heterocycles. The molecule has 0 amide bonds. The van der Waals surface area contributed by atoms with E-state index in [0.717, 1.165) is 0 Å². The molecule has 1 atom stereocenters. The van der Waals surface area contributed by atoms with Gasteiger partial charge in [-0.15, -0.1) is 23.1 Å². The van der Waals surface area contributed by atoms with E-state index in [2.05, 4.69) is 35.8 Å². The van der Waals surface area contributed by atoms with Crippen molar-refractivity contribution in [2.75, 3.05) is 6.26 Å². The van der Waals surface area contributed by atoms with Gasteiger partial charge in [-0.05, 0) is 56.1 Å². The minimum atomic E-state index is 0.281. The fourth-order valence-electron chi connectivity index (χ4n) is 2.93. The van der Waals surface area contributed by atoms with Crippen LogP contribution in [0, 0.1) is 0 Å². The van der Waals surface area contributed by atoms with Crippen LogP contribution in [0.2, 0.25) is 0 Å². The first-order chi connectivity index (χ1) is 10.3. The van der Waals surface area contributed by atoms with E-state index in [0.29, 0.717) is 6.04 Å². The van der Waals surface area contributed by atoms with Gasteiger partial charge in [0.2, 0.25) is 0 Å². The van der Waals surface area contributed by atoms with Crippen molar-refractivity contribution in [2.45, 2.75) is 49.1 Å². The second kappa shape index (κ2) is 5.75. The molecule has 1 saturated carbocycles. The lowest BCUT2D eigenvalue weighted by atomic mass is 10.1. The second-order valence-corrected chi connectivity index (χ2v) is 7.92. The Labute approximate surface area is 134 Å². The SMILES string of the molecule is CSc1ccc(C(NC2CC2)c2nc3c(s2)CCC3)cc1. The molecule has 1 aromatic heterocycles. The monoisotopic (exact) mass is 316 g/mol. The molecule has 1 aromatic carbocycles. The van der Waals surface area contributed by atoms with Gasteiger partial charge in [0.15, 0.2) is 0 Å². The number of thiazole rings is 1. The number of nitrogens with one attached hydrogen (secondary N) is 1. The maximum absolute atomic E-state index is 4.94. The van der Waals surface area contributed by atoms with Crippen molar-refractivity contribution in [2.24, 2.45) is 0 Å². The van der Waals surface area contributed by atoms with Crippen LogP contribution in [0.15, 0.2) is 29.2 Å². The number of rotatable bonds is 5. The zero-order valence-electron chi connectivity index (χ0n) is 12.3. The smallest absolute Gasteiger partial charge is 0.115 e. The number of nitrogens with zero attached hydrogens (tertiary/aromatic N) is 1. The standard InChI is InChI=1S/C17H20N2S2/c1-20-13-9-5-11(6-10-13)16(18-12-7-8-12)17-19-14-3-2-4-15(14)21-17/h5-6,9-10,12,16,18H,2-4,7-8H2,1H3. The van der Waals surface area contributed by atoms with Gasteiger partial charge in [0, 0.05) is 15.8 Å². The van der Waals surface area contributed by atoms with Gasteiger partial charge in [-0.1, -0.05) is 12.1 Å². The summed E-state index contributed by atoms with van der Waals surface area (Å²) in [5.41, 5.74) is 2.71. The maximum Gasteiger partial charge on any atom is 0.115 e. The van der Waals surface area contributed by atoms with Crippen LogP contribution in [0.1, 0.15) is 46.4 Å². The lowest BCUT2D eigenvalue weighted by molar-refractivity contribution is 0.596. The summed E-state index contributed by atoms with van der Waals surface area (Å²) in [5, 5.41) is 5.06. The molecule has 2 nitrogen and oxygen atoms in total. The third kappa shape index (κ3) is 2.89. The molecule has 2 aliphatic carbocycles. The minimum absolute atomic E-state index is 0.281. The van der Waals surface area contributed by atoms with Gasteiger partial charge in [-0.2, -0.15) is 0 Å². The molecular weight excluding hydrogens is 296 g/mol. The first-order valence-corrected chi connectivity index (χ1v) is 9.76. The third-order valence-corrected chi connectivity index (χ3v) is 6.25. The van der Waals surface area contributed by atoms with Crippen LogP contribution < -0.4 is 5.32 Å². The quantitative estimate of drug-likeness (QED) is 0.837. The van der Waals surface area contributed by atoms with E-state index in [4.69, 9.17) is 4.98 Å². The second-order valence-electron chi connectivity index (χ2n) is 5.92. The first kappa shape index (κ1) is 13.8. The van der Waals surface area contributed by atoms with Crippen molar-refractivity contribution < 1.29 is 0 Å². The van der Waals surface area contributed by atoms with Crippen molar-refractivity contribution in [1.29, 1.82) is 0 Å². The summed E-state index contributed by atoms with van der Waals surface area (Å²) in [7, 11) is 0. The van der Waals surface area contributed by atoms with Crippen molar-refractivity contribution in [3.63, 3.8) is 0 Å². The van der Waals surface area contributed by atoms with E-state index in [1.807, 2.05) is 11.3 Å². The molecule has 0 saturated heterocycles. The average Bonchev–Trinajstić information content (AvgIpc) is 3.08. The molecule has 0 bridgehead atoms. The number of benzene rings is 1. The average molecular weight is 316 g/mol. The Hall–Kier alpha value is -0.840. The van der Waals surface area contributed by atoms with Crippen LogP contribution in [0.5, 0.6) is 0 Å². The summed E-state index contributed by atoms with van der Waals surface area (Å²) in [6, 6.07) is 9.95. The zero-order valence-corrected chi connectivity index (χ0v) is 13.9. The summed E-state index contributed by atoms with van der Waals surface area (Å²) < 4.78 is 0. The van der Waals surface area contributed by atoms with Crippen LogP contribution in [0.4, 0.5) is 0 Å². The summed E-state index contributed by atoms with van der Waals surface area (Å²) in [5.74, 6) is 0. The van der Waals surface area contributed by atoms with Crippen LogP contribution in [-0.4, -0.2) is 17.3 Å². The molecule has 0 spiro atoms. The highest BCUT2D eigenvalue weighted by atomic mass is 32.2. The molecule has 1 unspecified atom stereocenters. The highest BCUT2D eigenvalue weighted by Gasteiger charge is 2.29. The third-order valence-electron chi connectivity index (χ3n) is 4.29. The van der Waals surface area contributed by atoms with Crippen LogP contribution in [0.25, 0.3) is 0 Å². The molecule has 110 valence electrons. The van der Waals surface area contributed by atoms with Crippen LogP contribution in [0.3, 0.4) is 0 Å². The predicted molar refractivity (Wildman–Crippen MR) is 90.4 cm³/mol. The van der Waals surface area contributed by atoms with Gasteiger partial charge in [0.05, 0.1) is 11.7 Å². The first-order valence-electron chi connectivity index (χ1n) is 7.72. The lowest BCUT2D eigenvalue weighted by Gasteiger charge is -2.17. The van der Waals surface area contributed by atoms with Crippen molar-refractivity contribution in [3.8, 4) is 0 Å². The molecule has 2 aliphatic rings. The Morgan fingerprint density at radius 3 is 2.71 bits per heavy atom. The van der Waals surface area contributed by atoms with Gasteiger partial charge in [0.25, 0.3) is 0 Å². The Morgan fingerprint density at radius 2 is 2.05 bits per heavy atom. The van der Waals surface area contributed by atoms with Crippen molar-refractivity contribution in [1.82, 2.24) is 10.3 Å². The Balaban J connectivity index is 1.65. The van der Waals surface area contributed by atoms with Crippen molar-refractivity contribution >= 4 is 23.1 Å². The molecule has 4 rings (SSSR count). The normalized spacial score (nSPS) is 18.7. The van der Waals surface area contributed by atoms with Crippen LogP contribution in [-0.2, 0) is 12.8 Å². The number of thioether (sulfide) groups is 1. The van der Waals surface area contributed by atoms with E-state index >= 15 is 0 Å². The Morgan fingerprint density at radius 1 is 1.24 bits per heavy atom. The Bertz CT molecular complexity index is 607. The molecule has 4 heteroatoms. The van der Waals surface area contributed by atoms with Gasteiger partial charge < -0.3 is 5.32 Å². The summed E-state index contributed by atoms with van der Waals surface area (Å²) in [6.07, 6.45) is 8.44. The van der Waals surface area contributed by atoms with Gasteiger partial charge in [-0.25, -0.2) is 4.98 Å². The van der Waals surface area contributed by atoms with E-state index in [1.165, 1.54) is 58.1 Å². The van der Waals surface area contributed by atoms with Gasteiger partial charge in [-0.3, -0.25) is 0 Å². The minimum Gasteiger partial charge on any atom is -0.301 e. The van der Waals surface area contributed by atoms with Gasteiger partial charge in [0.1, 0.15) is 5.01 Å². The highest BCUT2D eigenvalue weighted by Crippen LogP contribution is 2.35. The lowest BCUT2D eigenvalue weighted by Crippen LogP contribution is -2.24. The van der Waals surface area contributed by atoms with E-state index in [1.54, 1.807) is 11.8 Å². The number of aromatic nitrogens is 1. The van der Waals surface area contributed by atoms with Crippen molar-refractivity contribution in [3.05, 3.63) is 45.4 Å². The number of hydrogen-bond acceptors (Lipinski definition) is 4.